The minimum Gasteiger partial charge on any atom is -0.376 e. The van der Waals surface area contributed by atoms with Crippen LogP contribution in [0.4, 0.5) is 5.69 Å². The minimum atomic E-state index is -0.240. The molecule has 2 rings (SSSR count). The van der Waals surface area contributed by atoms with E-state index in [0.717, 1.165) is 12.8 Å². The number of hydrogen-bond donors (Lipinski definition) is 1. The molecule has 0 amide bonds. The molecule has 2 unspecified atom stereocenters. The molecule has 0 saturated heterocycles. The van der Waals surface area contributed by atoms with E-state index in [4.69, 9.17) is 18.0 Å². The molecular formula is C15H20ClN3O. The van der Waals surface area contributed by atoms with Gasteiger partial charge in [-0.15, -0.1) is 6.42 Å². The van der Waals surface area contributed by atoms with Crippen LogP contribution in [0.15, 0.2) is 11.0 Å². The van der Waals surface area contributed by atoms with E-state index in [-0.39, 0.29) is 12.1 Å². The zero-order chi connectivity index (χ0) is 14.5. The van der Waals surface area contributed by atoms with E-state index >= 15 is 0 Å². The van der Waals surface area contributed by atoms with Crippen LogP contribution in [0.2, 0.25) is 5.02 Å². The molecule has 0 spiro atoms. The highest BCUT2D eigenvalue weighted by molar-refractivity contribution is 6.33. The van der Waals surface area contributed by atoms with Crippen LogP contribution in [0.3, 0.4) is 0 Å². The summed E-state index contributed by atoms with van der Waals surface area (Å²) in [7, 11) is 0. The van der Waals surface area contributed by atoms with Gasteiger partial charge in [0, 0.05) is 6.04 Å². The Morgan fingerprint density at radius 2 is 2.30 bits per heavy atom. The number of terminal acetylenes is 1. The van der Waals surface area contributed by atoms with Crippen molar-refractivity contribution in [3.05, 3.63) is 21.6 Å². The van der Waals surface area contributed by atoms with Gasteiger partial charge in [0.25, 0.3) is 5.56 Å². The molecule has 1 saturated carbocycles. The Morgan fingerprint density at radius 1 is 1.55 bits per heavy atom. The number of aromatic nitrogens is 2. The molecule has 1 aliphatic carbocycles. The van der Waals surface area contributed by atoms with Gasteiger partial charge in [-0.25, -0.2) is 4.68 Å². The molecule has 20 heavy (non-hydrogen) atoms. The molecule has 1 aromatic rings. The van der Waals surface area contributed by atoms with Crippen LogP contribution in [-0.2, 0) is 6.54 Å². The van der Waals surface area contributed by atoms with Crippen molar-refractivity contribution < 1.29 is 0 Å². The number of nitrogens with one attached hydrogen (secondary N) is 1. The molecule has 4 nitrogen and oxygen atoms in total. The van der Waals surface area contributed by atoms with Crippen molar-refractivity contribution in [2.24, 2.45) is 5.92 Å². The quantitative estimate of drug-likeness (QED) is 0.868. The smallest absolute Gasteiger partial charge is 0.292 e. The Hall–Kier alpha value is -1.47. The average Bonchev–Trinajstić information content (AvgIpc) is 2.47. The average molecular weight is 294 g/mol. The fourth-order valence-corrected chi connectivity index (χ4v) is 3.05. The first-order valence-electron chi connectivity index (χ1n) is 7.13. The SMILES string of the molecule is C#CCn1ncc(Cl)c(NC2CCCCC2CC)c1=O. The first kappa shape index (κ1) is 14.9. The van der Waals surface area contributed by atoms with Gasteiger partial charge in [-0.05, 0) is 18.8 Å². The molecule has 0 aliphatic heterocycles. The molecule has 0 bridgehead atoms. The molecule has 5 heteroatoms. The molecule has 0 radical (unpaired) electrons. The maximum Gasteiger partial charge on any atom is 0.292 e. The third-order valence-electron chi connectivity index (χ3n) is 4.00. The van der Waals surface area contributed by atoms with E-state index in [2.05, 4.69) is 23.3 Å². The summed E-state index contributed by atoms with van der Waals surface area (Å²) in [5, 5.41) is 7.66. The lowest BCUT2D eigenvalue weighted by Gasteiger charge is -2.32. The number of nitrogens with zero attached hydrogens (tertiary/aromatic N) is 2. The van der Waals surface area contributed by atoms with Gasteiger partial charge >= 0.3 is 0 Å². The summed E-state index contributed by atoms with van der Waals surface area (Å²) < 4.78 is 1.26. The largest absolute Gasteiger partial charge is 0.376 e. The van der Waals surface area contributed by atoms with E-state index in [1.807, 2.05) is 0 Å². The molecule has 1 aromatic heterocycles. The van der Waals surface area contributed by atoms with E-state index in [1.165, 1.54) is 30.1 Å². The maximum atomic E-state index is 12.3. The molecule has 108 valence electrons. The van der Waals surface area contributed by atoms with Crippen molar-refractivity contribution in [3.63, 3.8) is 0 Å². The predicted molar refractivity (Wildman–Crippen MR) is 82.0 cm³/mol. The van der Waals surface area contributed by atoms with E-state index in [0.29, 0.717) is 22.7 Å². The fourth-order valence-electron chi connectivity index (χ4n) is 2.87. The summed E-state index contributed by atoms with van der Waals surface area (Å²) in [6.45, 7) is 2.35. The summed E-state index contributed by atoms with van der Waals surface area (Å²) in [5.41, 5.74) is 0.193. The van der Waals surface area contributed by atoms with Crippen molar-refractivity contribution >= 4 is 17.3 Å². The molecular weight excluding hydrogens is 274 g/mol. The van der Waals surface area contributed by atoms with Crippen LogP contribution in [0.25, 0.3) is 0 Å². The summed E-state index contributed by atoms with van der Waals surface area (Å²) in [4.78, 5) is 12.3. The van der Waals surface area contributed by atoms with E-state index in [9.17, 15) is 4.79 Å². The lowest BCUT2D eigenvalue weighted by molar-refractivity contribution is 0.317. The Labute approximate surface area is 124 Å². The van der Waals surface area contributed by atoms with Crippen molar-refractivity contribution in [2.75, 3.05) is 5.32 Å². The number of hydrogen-bond acceptors (Lipinski definition) is 3. The van der Waals surface area contributed by atoms with E-state index < -0.39 is 0 Å². The topological polar surface area (TPSA) is 46.9 Å². The van der Waals surface area contributed by atoms with Crippen molar-refractivity contribution in [2.45, 2.75) is 51.6 Å². The zero-order valence-corrected chi connectivity index (χ0v) is 12.5. The molecule has 1 heterocycles. The second kappa shape index (κ2) is 6.81. The van der Waals surface area contributed by atoms with Crippen molar-refractivity contribution in [1.29, 1.82) is 0 Å². The predicted octanol–water partition coefficient (Wildman–Crippen LogP) is 2.91. The number of halogens is 1. The molecule has 0 aromatic carbocycles. The zero-order valence-electron chi connectivity index (χ0n) is 11.7. The standard InChI is InChI=1S/C15H20ClN3O/c1-3-9-19-15(20)14(12(16)10-17-19)18-13-8-6-5-7-11(13)4-2/h1,10-11,13,18H,4-9H2,2H3. The lowest BCUT2D eigenvalue weighted by Crippen LogP contribution is -2.35. The molecule has 1 N–H and O–H groups in total. The second-order valence-corrected chi connectivity index (χ2v) is 5.65. The Kier molecular flexibility index (Phi) is 5.08. The molecule has 1 aliphatic rings. The molecule has 1 fully saturated rings. The highest BCUT2D eigenvalue weighted by atomic mass is 35.5. The van der Waals surface area contributed by atoms with Gasteiger partial charge in [0.05, 0.1) is 11.2 Å². The van der Waals surface area contributed by atoms with Crippen molar-refractivity contribution in [3.8, 4) is 12.3 Å². The highest BCUT2D eigenvalue weighted by Gasteiger charge is 2.25. The third kappa shape index (κ3) is 3.16. The summed E-state index contributed by atoms with van der Waals surface area (Å²) in [6.07, 6.45) is 12.6. The monoisotopic (exact) mass is 293 g/mol. The van der Waals surface area contributed by atoms with Gasteiger partial charge in [-0.1, -0.05) is 43.7 Å². The Balaban J connectivity index is 2.26. The highest BCUT2D eigenvalue weighted by Crippen LogP contribution is 2.30. The Morgan fingerprint density at radius 3 is 3.00 bits per heavy atom. The number of anilines is 1. The van der Waals surface area contributed by atoms with Gasteiger partial charge < -0.3 is 5.32 Å². The summed E-state index contributed by atoms with van der Waals surface area (Å²) >= 11 is 6.12. The third-order valence-corrected chi connectivity index (χ3v) is 4.29. The van der Waals surface area contributed by atoms with Gasteiger partial charge in [0.1, 0.15) is 12.2 Å². The second-order valence-electron chi connectivity index (χ2n) is 5.24. The summed E-state index contributed by atoms with van der Waals surface area (Å²) in [5.74, 6) is 3.02. The Bertz CT molecular complexity index is 561. The van der Waals surface area contributed by atoms with Gasteiger partial charge in [0.2, 0.25) is 0 Å². The van der Waals surface area contributed by atoms with Crippen LogP contribution in [-0.4, -0.2) is 15.8 Å². The first-order valence-corrected chi connectivity index (χ1v) is 7.50. The number of rotatable bonds is 4. The van der Waals surface area contributed by atoms with Crippen molar-refractivity contribution in [1.82, 2.24) is 9.78 Å². The van der Waals surface area contributed by atoms with Crippen LogP contribution >= 0.6 is 11.6 Å². The fraction of sp³-hybridized carbons (Fsp3) is 0.600. The molecule has 2 atom stereocenters. The van der Waals surface area contributed by atoms with Crippen LogP contribution < -0.4 is 10.9 Å². The van der Waals surface area contributed by atoms with Gasteiger partial charge in [-0.3, -0.25) is 4.79 Å². The van der Waals surface area contributed by atoms with Crippen LogP contribution in [0, 0.1) is 18.3 Å². The normalized spacial score (nSPS) is 22.2. The van der Waals surface area contributed by atoms with Gasteiger partial charge in [-0.2, -0.15) is 5.10 Å². The lowest BCUT2D eigenvalue weighted by atomic mass is 9.83. The van der Waals surface area contributed by atoms with Gasteiger partial charge in [0.15, 0.2) is 0 Å². The first-order chi connectivity index (χ1) is 9.67. The van der Waals surface area contributed by atoms with E-state index in [1.54, 1.807) is 0 Å². The minimum absolute atomic E-state index is 0.159. The van der Waals surface area contributed by atoms with Crippen LogP contribution in [0.1, 0.15) is 39.0 Å². The van der Waals surface area contributed by atoms with Crippen LogP contribution in [0.5, 0.6) is 0 Å². The summed E-state index contributed by atoms with van der Waals surface area (Å²) in [6, 6.07) is 0.306. The maximum absolute atomic E-state index is 12.3.